The van der Waals surface area contributed by atoms with E-state index in [0.29, 0.717) is 23.3 Å². The standard InChI is InChI=1S/C12H9BrO4/c1-2-3-16-10-6-9-7(4-8(10)13)5-11(17-9)12(14)15/h2,4-6H,1,3H2,(H,14,15). The van der Waals surface area contributed by atoms with E-state index >= 15 is 0 Å². The molecule has 0 amide bonds. The molecule has 0 saturated carbocycles. The number of carboxylic acid groups (broad SMARTS) is 1. The van der Waals surface area contributed by atoms with Crippen LogP contribution in [0.3, 0.4) is 0 Å². The maximum Gasteiger partial charge on any atom is 0.371 e. The monoisotopic (exact) mass is 296 g/mol. The number of benzene rings is 1. The van der Waals surface area contributed by atoms with Crippen molar-refractivity contribution in [3.63, 3.8) is 0 Å². The van der Waals surface area contributed by atoms with Gasteiger partial charge in [0.15, 0.2) is 0 Å². The van der Waals surface area contributed by atoms with Crippen LogP contribution >= 0.6 is 15.9 Å². The highest BCUT2D eigenvalue weighted by Gasteiger charge is 2.13. The average molecular weight is 297 g/mol. The molecule has 0 aliphatic heterocycles. The Labute approximate surface area is 106 Å². The molecule has 1 aromatic heterocycles. The molecule has 0 atom stereocenters. The molecule has 0 bridgehead atoms. The van der Waals surface area contributed by atoms with Crippen LogP contribution in [0.25, 0.3) is 11.0 Å². The molecule has 4 nitrogen and oxygen atoms in total. The van der Waals surface area contributed by atoms with Gasteiger partial charge in [0.1, 0.15) is 17.9 Å². The third-order valence-corrected chi connectivity index (χ3v) is 2.76. The number of rotatable bonds is 4. The lowest BCUT2D eigenvalue weighted by molar-refractivity contribution is 0.0665. The molecule has 17 heavy (non-hydrogen) atoms. The molecule has 1 heterocycles. The van der Waals surface area contributed by atoms with Crippen molar-refractivity contribution in [3.05, 3.63) is 41.1 Å². The van der Waals surface area contributed by atoms with Gasteiger partial charge in [0.2, 0.25) is 5.76 Å². The Kier molecular flexibility index (Phi) is 3.19. The van der Waals surface area contributed by atoms with E-state index in [1.54, 1.807) is 18.2 Å². The quantitative estimate of drug-likeness (QED) is 0.878. The molecular weight excluding hydrogens is 288 g/mol. The first-order chi connectivity index (χ1) is 8.11. The van der Waals surface area contributed by atoms with Crippen LogP contribution in [-0.2, 0) is 0 Å². The Hall–Kier alpha value is -1.75. The number of aromatic carboxylic acids is 1. The molecule has 0 radical (unpaired) electrons. The number of carboxylic acids is 1. The van der Waals surface area contributed by atoms with Crippen LogP contribution < -0.4 is 4.74 Å². The summed E-state index contributed by atoms with van der Waals surface area (Å²) >= 11 is 3.35. The highest BCUT2D eigenvalue weighted by molar-refractivity contribution is 9.10. The van der Waals surface area contributed by atoms with Crippen LogP contribution in [0.4, 0.5) is 0 Å². The summed E-state index contributed by atoms with van der Waals surface area (Å²) in [5.41, 5.74) is 0.477. The third-order valence-electron chi connectivity index (χ3n) is 2.14. The van der Waals surface area contributed by atoms with Crippen LogP contribution in [0.2, 0.25) is 0 Å². The number of carbonyl (C=O) groups is 1. The zero-order valence-electron chi connectivity index (χ0n) is 8.77. The largest absolute Gasteiger partial charge is 0.488 e. The maximum atomic E-state index is 10.8. The smallest absolute Gasteiger partial charge is 0.371 e. The summed E-state index contributed by atoms with van der Waals surface area (Å²) in [6.07, 6.45) is 1.63. The number of halogens is 1. The molecule has 5 heteroatoms. The number of hydrogen-bond donors (Lipinski definition) is 1. The average Bonchev–Trinajstić information content (AvgIpc) is 2.68. The molecule has 1 aromatic carbocycles. The first-order valence-corrected chi connectivity index (χ1v) is 5.61. The van der Waals surface area contributed by atoms with Gasteiger partial charge in [-0.1, -0.05) is 12.7 Å². The number of ether oxygens (including phenoxy) is 1. The summed E-state index contributed by atoms with van der Waals surface area (Å²) in [4.78, 5) is 10.8. The Morgan fingerprint density at radius 3 is 2.94 bits per heavy atom. The normalized spacial score (nSPS) is 10.4. The van der Waals surface area contributed by atoms with Gasteiger partial charge < -0.3 is 14.3 Å². The summed E-state index contributed by atoms with van der Waals surface area (Å²) in [6, 6.07) is 4.87. The number of furan rings is 1. The third kappa shape index (κ3) is 2.34. The SMILES string of the molecule is C=CCOc1cc2oc(C(=O)O)cc2cc1Br. The van der Waals surface area contributed by atoms with Gasteiger partial charge in [-0.05, 0) is 28.1 Å². The predicted octanol–water partition coefficient (Wildman–Crippen LogP) is 3.46. The highest BCUT2D eigenvalue weighted by atomic mass is 79.9. The second-order valence-electron chi connectivity index (χ2n) is 3.34. The van der Waals surface area contributed by atoms with E-state index < -0.39 is 5.97 Å². The van der Waals surface area contributed by atoms with E-state index in [4.69, 9.17) is 14.3 Å². The molecule has 2 rings (SSSR count). The summed E-state index contributed by atoms with van der Waals surface area (Å²) in [5, 5.41) is 9.52. The van der Waals surface area contributed by atoms with Crippen molar-refractivity contribution in [1.82, 2.24) is 0 Å². The van der Waals surface area contributed by atoms with E-state index in [9.17, 15) is 4.79 Å². The van der Waals surface area contributed by atoms with Crippen molar-refractivity contribution < 1.29 is 19.1 Å². The molecule has 0 aliphatic carbocycles. The second kappa shape index (κ2) is 4.63. The topological polar surface area (TPSA) is 59.7 Å². The Bertz CT molecular complexity index is 585. The van der Waals surface area contributed by atoms with Crippen LogP contribution in [-0.4, -0.2) is 17.7 Å². The fourth-order valence-electron chi connectivity index (χ4n) is 1.41. The number of fused-ring (bicyclic) bond motifs is 1. The molecular formula is C12H9BrO4. The van der Waals surface area contributed by atoms with E-state index in [-0.39, 0.29) is 5.76 Å². The lowest BCUT2D eigenvalue weighted by Gasteiger charge is -2.04. The zero-order valence-corrected chi connectivity index (χ0v) is 10.4. The Morgan fingerprint density at radius 2 is 2.29 bits per heavy atom. The van der Waals surface area contributed by atoms with Crippen molar-refractivity contribution >= 4 is 32.9 Å². The van der Waals surface area contributed by atoms with E-state index in [2.05, 4.69) is 22.5 Å². The highest BCUT2D eigenvalue weighted by Crippen LogP contribution is 2.32. The number of hydrogen-bond acceptors (Lipinski definition) is 3. The molecule has 0 fully saturated rings. The van der Waals surface area contributed by atoms with Crippen LogP contribution in [0.5, 0.6) is 5.75 Å². The van der Waals surface area contributed by atoms with Gasteiger partial charge in [0, 0.05) is 11.5 Å². The van der Waals surface area contributed by atoms with Crippen molar-refractivity contribution in [2.45, 2.75) is 0 Å². The first kappa shape index (κ1) is 11.7. The molecule has 2 aromatic rings. The van der Waals surface area contributed by atoms with E-state index in [0.717, 1.165) is 4.47 Å². The lowest BCUT2D eigenvalue weighted by atomic mass is 10.2. The van der Waals surface area contributed by atoms with Gasteiger partial charge in [0.25, 0.3) is 0 Å². The molecule has 0 spiro atoms. The van der Waals surface area contributed by atoms with E-state index in [1.165, 1.54) is 6.07 Å². The second-order valence-corrected chi connectivity index (χ2v) is 4.19. The van der Waals surface area contributed by atoms with Crippen LogP contribution in [0.1, 0.15) is 10.6 Å². The molecule has 0 unspecified atom stereocenters. The van der Waals surface area contributed by atoms with Gasteiger partial charge in [0.05, 0.1) is 4.47 Å². The fraction of sp³-hybridized carbons (Fsp3) is 0.0833. The summed E-state index contributed by atoms with van der Waals surface area (Å²) in [5.74, 6) is -0.595. The van der Waals surface area contributed by atoms with Gasteiger partial charge in [-0.15, -0.1) is 0 Å². The zero-order chi connectivity index (χ0) is 12.4. The minimum Gasteiger partial charge on any atom is -0.488 e. The summed E-state index contributed by atoms with van der Waals surface area (Å²) < 4.78 is 11.3. The van der Waals surface area contributed by atoms with Crippen molar-refractivity contribution in [2.75, 3.05) is 6.61 Å². The van der Waals surface area contributed by atoms with Crippen LogP contribution in [0.15, 0.2) is 39.7 Å². The molecule has 88 valence electrons. The van der Waals surface area contributed by atoms with Gasteiger partial charge >= 0.3 is 5.97 Å². The molecule has 0 aliphatic rings. The summed E-state index contributed by atoms with van der Waals surface area (Å²) in [7, 11) is 0. The lowest BCUT2D eigenvalue weighted by Crippen LogP contribution is -1.93. The van der Waals surface area contributed by atoms with Crippen LogP contribution in [0, 0.1) is 0 Å². The maximum absolute atomic E-state index is 10.8. The minimum absolute atomic E-state index is 0.0900. The predicted molar refractivity (Wildman–Crippen MR) is 66.6 cm³/mol. The first-order valence-electron chi connectivity index (χ1n) is 4.82. The van der Waals surface area contributed by atoms with Crippen molar-refractivity contribution in [2.24, 2.45) is 0 Å². The molecule has 0 saturated heterocycles. The molecule has 1 N–H and O–H groups in total. The van der Waals surface area contributed by atoms with Crippen molar-refractivity contribution in [1.29, 1.82) is 0 Å². The van der Waals surface area contributed by atoms with Gasteiger partial charge in [-0.3, -0.25) is 0 Å². The fourth-order valence-corrected chi connectivity index (χ4v) is 1.88. The van der Waals surface area contributed by atoms with Gasteiger partial charge in [-0.25, -0.2) is 4.79 Å². The minimum atomic E-state index is -1.09. The Morgan fingerprint density at radius 1 is 1.53 bits per heavy atom. The van der Waals surface area contributed by atoms with Crippen molar-refractivity contribution in [3.8, 4) is 5.75 Å². The van der Waals surface area contributed by atoms with E-state index in [1.807, 2.05) is 0 Å². The van der Waals surface area contributed by atoms with Gasteiger partial charge in [-0.2, -0.15) is 0 Å². The Balaban J connectivity index is 2.47. The summed E-state index contributed by atoms with van der Waals surface area (Å²) in [6.45, 7) is 3.93.